The van der Waals surface area contributed by atoms with Gasteiger partial charge >= 0.3 is 0 Å². The number of benzene rings is 2. The molecule has 2 aromatic carbocycles. The van der Waals surface area contributed by atoms with Crippen molar-refractivity contribution in [2.75, 3.05) is 51.5 Å². The number of likely N-dealkylation sites (tertiary alicyclic amines) is 1. The van der Waals surface area contributed by atoms with Crippen LogP contribution in [0.3, 0.4) is 0 Å². The largest absolute Gasteiger partial charge is 0.493 e. The van der Waals surface area contributed by atoms with Crippen LogP contribution in [0.5, 0.6) is 11.5 Å². The number of aromatic nitrogens is 2. The first-order valence-corrected chi connectivity index (χ1v) is 12.2. The molecule has 1 aliphatic heterocycles. The molecule has 3 heterocycles. The molecule has 1 aliphatic rings. The zero-order chi connectivity index (χ0) is 26.0. The van der Waals surface area contributed by atoms with Crippen molar-refractivity contribution in [3.05, 3.63) is 72.2 Å². The first-order valence-electron chi connectivity index (χ1n) is 12.2. The lowest BCUT2D eigenvalue weighted by molar-refractivity contribution is 0.0637. The number of ether oxygens (including phenoxy) is 2. The van der Waals surface area contributed by atoms with Crippen LogP contribution < -0.4 is 20.1 Å². The first-order chi connectivity index (χ1) is 17.9. The number of furan rings is 1. The lowest BCUT2D eigenvalue weighted by atomic mass is 9.72. The fraction of sp³-hybridized carbons (Fsp3) is 0.321. The van der Waals surface area contributed by atoms with E-state index in [1.54, 1.807) is 32.4 Å². The maximum Gasteiger partial charge on any atom is 0.289 e. The molecule has 1 saturated heterocycles. The van der Waals surface area contributed by atoms with E-state index in [1.807, 2.05) is 29.0 Å². The molecule has 37 heavy (non-hydrogen) atoms. The number of carbonyl (C=O) groups is 1. The summed E-state index contributed by atoms with van der Waals surface area (Å²) in [4.78, 5) is 26.2. The standard InChI is InChI=1S/C28H31N5O4/c1-32(27-30-21-17-24(36-3)23(35-2)16-20(21)25(29)31-27)18-28(19-8-5-4-6-9-19)11-13-33(14-12-28)26(34)22-10-7-15-37-22/h4-10,15-17H,11-14,18H2,1-3H3,(H2,29,30,31). The van der Waals surface area contributed by atoms with Crippen LogP contribution in [0.1, 0.15) is 29.0 Å². The van der Waals surface area contributed by atoms with Gasteiger partial charge in [-0.25, -0.2) is 4.98 Å². The van der Waals surface area contributed by atoms with Crippen LogP contribution in [-0.4, -0.2) is 61.7 Å². The number of methoxy groups -OCH3 is 2. The molecule has 2 N–H and O–H groups in total. The molecule has 4 aromatic rings. The van der Waals surface area contributed by atoms with Crippen LogP contribution in [0.25, 0.3) is 10.9 Å². The summed E-state index contributed by atoms with van der Waals surface area (Å²) >= 11 is 0. The third kappa shape index (κ3) is 4.64. The quantitative estimate of drug-likeness (QED) is 0.403. The Hall–Kier alpha value is -4.27. The average Bonchev–Trinajstić information content (AvgIpc) is 3.48. The van der Waals surface area contributed by atoms with E-state index in [9.17, 15) is 4.79 Å². The highest BCUT2D eigenvalue weighted by Gasteiger charge is 2.39. The fourth-order valence-corrected chi connectivity index (χ4v) is 5.19. The van der Waals surface area contributed by atoms with Gasteiger partial charge in [0.15, 0.2) is 17.3 Å². The molecule has 0 spiro atoms. The Balaban J connectivity index is 1.44. The van der Waals surface area contributed by atoms with Crippen LogP contribution in [0.4, 0.5) is 11.8 Å². The van der Waals surface area contributed by atoms with Gasteiger partial charge in [0, 0.05) is 43.5 Å². The highest BCUT2D eigenvalue weighted by molar-refractivity contribution is 5.92. The van der Waals surface area contributed by atoms with Crippen molar-refractivity contribution < 1.29 is 18.7 Å². The number of anilines is 2. The van der Waals surface area contributed by atoms with Gasteiger partial charge in [-0.15, -0.1) is 0 Å². The maximum atomic E-state index is 12.9. The van der Waals surface area contributed by atoms with Gasteiger partial charge in [0.25, 0.3) is 5.91 Å². The Kier molecular flexibility index (Phi) is 6.60. The zero-order valence-corrected chi connectivity index (χ0v) is 21.3. The van der Waals surface area contributed by atoms with E-state index in [4.69, 9.17) is 24.6 Å². The second-order valence-corrected chi connectivity index (χ2v) is 9.41. The molecular weight excluding hydrogens is 470 g/mol. The second-order valence-electron chi connectivity index (χ2n) is 9.41. The Labute approximate surface area is 215 Å². The summed E-state index contributed by atoms with van der Waals surface area (Å²) < 4.78 is 16.2. The highest BCUT2D eigenvalue weighted by atomic mass is 16.5. The predicted octanol–water partition coefficient (Wildman–Crippen LogP) is 4.13. The van der Waals surface area contributed by atoms with Crippen LogP contribution in [0.2, 0.25) is 0 Å². The molecular formula is C28H31N5O4. The van der Waals surface area contributed by atoms with Crippen LogP contribution in [0, 0.1) is 0 Å². The molecule has 9 nitrogen and oxygen atoms in total. The number of fused-ring (bicyclic) bond motifs is 1. The van der Waals surface area contributed by atoms with Crippen molar-refractivity contribution in [1.29, 1.82) is 0 Å². The molecule has 0 saturated carbocycles. The minimum absolute atomic E-state index is 0.0740. The lowest BCUT2D eigenvalue weighted by Gasteiger charge is -2.44. The third-order valence-electron chi connectivity index (χ3n) is 7.23. The summed E-state index contributed by atoms with van der Waals surface area (Å²) in [6.45, 7) is 1.91. The highest BCUT2D eigenvalue weighted by Crippen LogP contribution is 2.38. The van der Waals surface area contributed by atoms with Gasteiger partial charge in [0.2, 0.25) is 5.95 Å². The fourth-order valence-electron chi connectivity index (χ4n) is 5.19. The number of nitrogens with zero attached hydrogens (tertiary/aromatic N) is 4. The number of hydrogen-bond donors (Lipinski definition) is 1. The van der Waals surface area contributed by atoms with Crippen molar-refractivity contribution in [1.82, 2.24) is 14.9 Å². The van der Waals surface area contributed by atoms with Crippen LogP contribution in [-0.2, 0) is 5.41 Å². The van der Waals surface area contributed by atoms with Crippen molar-refractivity contribution in [3.63, 3.8) is 0 Å². The van der Waals surface area contributed by atoms with Crippen LogP contribution >= 0.6 is 0 Å². The van der Waals surface area contributed by atoms with E-state index >= 15 is 0 Å². The molecule has 0 radical (unpaired) electrons. The Morgan fingerprint density at radius 2 is 1.76 bits per heavy atom. The van der Waals surface area contributed by atoms with E-state index in [2.05, 4.69) is 29.2 Å². The molecule has 0 unspecified atom stereocenters. The van der Waals surface area contributed by atoms with Gasteiger partial charge in [-0.2, -0.15) is 4.98 Å². The SMILES string of the molecule is COc1cc2nc(N(C)CC3(c4ccccc4)CCN(C(=O)c4ccco4)CC3)nc(N)c2cc1OC. The van der Waals surface area contributed by atoms with E-state index in [1.165, 1.54) is 11.8 Å². The van der Waals surface area contributed by atoms with E-state index in [0.29, 0.717) is 59.6 Å². The number of amides is 1. The third-order valence-corrected chi connectivity index (χ3v) is 7.23. The minimum atomic E-state index is -0.194. The molecule has 192 valence electrons. The van der Waals surface area contributed by atoms with E-state index in [0.717, 1.165) is 12.8 Å². The Bertz CT molecular complexity index is 1380. The second kappa shape index (κ2) is 10.0. The number of hydrogen-bond acceptors (Lipinski definition) is 8. The first kappa shape index (κ1) is 24.4. The van der Waals surface area contributed by atoms with Gasteiger partial charge in [0.05, 0.1) is 26.0 Å². The molecule has 0 bridgehead atoms. The summed E-state index contributed by atoms with van der Waals surface area (Å²) in [6, 6.07) is 17.5. The number of likely N-dealkylation sites (N-methyl/N-ethyl adjacent to an activating group) is 1. The molecule has 1 amide bonds. The smallest absolute Gasteiger partial charge is 0.289 e. The van der Waals surface area contributed by atoms with E-state index < -0.39 is 0 Å². The summed E-state index contributed by atoms with van der Waals surface area (Å²) in [5.41, 5.74) is 8.07. The van der Waals surface area contributed by atoms with Crippen molar-refractivity contribution in [2.45, 2.75) is 18.3 Å². The molecule has 0 atom stereocenters. The van der Waals surface area contributed by atoms with Gasteiger partial charge in [-0.1, -0.05) is 30.3 Å². The summed E-state index contributed by atoms with van der Waals surface area (Å²) in [5.74, 6) is 2.36. The molecule has 5 rings (SSSR count). The molecule has 9 heteroatoms. The molecule has 2 aromatic heterocycles. The van der Waals surface area contributed by atoms with Crippen molar-refractivity contribution in [2.24, 2.45) is 0 Å². The van der Waals surface area contributed by atoms with Gasteiger partial charge in [-0.05, 0) is 36.6 Å². The lowest BCUT2D eigenvalue weighted by Crippen LogP contribution is -2.50. The van der Waals surface area contributed by atoms with Gasteiger partial charge < -0.3 is 29.4 Å². The monoisotopic (exact) mass is 501 g/mol. The Morgan fingerprint density at radius 1 is 1.05 bits per heavy atom. The minimum Gasteiger partial charge on any atom is -0.493 e. The average molecular weight is 502 g/mol. The zero-order valence-electron chi connectivity index (χ0n) is 21.3. The number of piperidine rings is 1. The summed E-state index contributed by atoms with van der Waals surface area (Å²) in [6.07, 6.45) is 3.12. The van der Waals surface area contributed by atoms with Crippen molar-refractivity contribution in [3.8, 4) is 11.5 Å². The molecule has 1 fully saturated rings. The number of nitrogens with two attached hydrogens (primary N) is 1. The topological polar surface area (TPSA) is 107 Å². The summed E-state index contributed by atoms with van der Waals surface area (Å²) in [7, 11) is 5.15. The van der Waals surface area contributed by atoms with E-state index in [-0.39, 0.29) is 11.3 Å². The van der Waals surface area contributed by atoms with Crippen molar-refractivity contribution >= 4 is 28.6 Å². The van der Waals surface area contributed by atoms with Gasteiger partial charge in [-0.3, -0.25) is 4.79 Å². The Morgan fingerprint density at radius 3 is 2.41 bits per heavy atom. The van der Waals surface area contributed by atoms with Gasteiger partial charge in [0.1, 0.15) is 5.82 Å². The molecule has 0 aliphatic carbocycles. The number of rotatable bonds is 7. The maximum absolute atomic E-state index is 12.9. The van der Waals surface area contributed by atoms with Crippen LogP contribution in [0.15, 0.2) is 65.3 Å². The predicted molar refractivity (Wildman–Crippen MR) is 142 cm³/mol. The number of nitrogen functional groups attached to an aromatic ring is 1. The normalized spacial score (nSPS) is 14.9. The summed E-state index contributed by atoms with van der Waals surface area (Å²) in [5, 5.41) is 0.706. The number of carbonyl (C=O) groups excluding carboxylic acids is 1.